The first-order valence-electron chi connectivity index (χ1n) is 12.4. The third-order valence-corrected chi connectivity index (χ3v) is 5.49. The maximum Gasteiger partial charge on any atom is 0.381 e. The number of aliphatic imine (C=N–C) groups is 2. The van der Waals surface area contributed by atoms with Crippen LogP contribution in [0.25, 0.3) is 0 Å². The summed E-state index contributed by atoms with van der Waals surface area (Å²) >= 11 is 1.33. The van der Waals surface area contributed by atoms with Gasteiger partial charge in [0.25, 0.3) is 0 Å². The molecule has 8 heteroatoms. The summed E-state index contributed by atoms with van der Waals surface area (Å²) in [5.74, 6) is 1.30. The molecule has 0 aliphatic carbocycles. The Morgan fingerprint density at radius 2 is 1.71 bits per heavy atom. The molecule has 3 nitrogen and oxygen atoms in total. The van der Waals surface area contributed by atoms with Crippen LogP contribution in [-0.2, 0) is 6.18 Å². The minimum absolute atomic E-state index is 0. The fraction of sp³-hybridized carbons (Fsp3) is 0.630. The van der Waals surface area contributed by atoms with Gasteiger partial charge in [0.2, 0.25) is 0 Å². The van der Waals surface area contributed by atoms with Gasteiger partial charge in [0.1, 0.15) is 5.82 Å². The quantitative estimate of drug-likeness (QED) is 0.225. The molecule has 2 rings (SSSR count). The molecule has 0 saturated heterocycles. The first-order valence-corrected chi connectivity index (χ1v) is 13.7. The summed E-state index contributed by atoms with van der Waals surface area (Å²) in [5, 5.41) is 0.562. The number of nitrogens with two attached hydrogens (primary N) is 1. The molecule has 1 aliphatic rings. The van der Waals surface area contributed by atoms with Crippen molar-refractivity contribution in [2.24, 2.45) is 21.6 Å². The van der Waals surface area contributed by atoms with Crippen molar-refractivity contribution in [1.29, 1.82) is 0 Å². The minimum Gasteiger partial charge on any atom is -0.384 e. The van der Waals surface area contributed by atoms with E-state index < -0.39 is 11.7 Å². The van der Waals surface area contributed by atoms with Gasteiger partial charge in [-0.2, -0.15) is 13.2 Å². The fourth-order valence-corrected chi connectivity index (χ4v) is 3.29. The van der Waals surface area contributed by atoms with Gasteiger partial charge in [0, 0.05) is 36.8 Å². The Hall–Kier alpha value is -0.708. The molecule has 0 fully saturated rings. The number of nitrogens with zero attached hydrogens (tertiary/aromatic N) is 2. The summed E-state index contributed by atoms with van der Waals surface area (Å²) in [6.45, 7) is 15.2. The molecular weight excluding hydrogens is 693 g/mol. The van der Waals surface area contributed by atoms with Crippen molar-refractivity contribution in [2.45, 2.75) is 93.2 Å². The van der Waals surface area contributed by atoms with Gasteiger partial charge in [-0.1, -0.05) is 87.0 Å². The van der Waals surface area contributed by atoms with Gasteiger partial charge in [-0.15, -0.1) is 41.6 Å². The van der Waals surface area contributed by atoms with Crippen LogP contribution in [0.15, 0.2) is 40.1 Å². The van der Waals surface area contributed by atoms with Gasteiger partial charge < -0.3 is 10.7 Å². The van der Waals surface area contributed by atoms with Crippen molar-refractivity contribution in [2.75, 3.05) is 12.8 Å². The molecule has 1 aromatic rings. The van der Waals surface area contributed by atoms with E-state index in [9.17, 15) is 13.2 Å². The van der Waals surface area contributed by atoms with Crippen LogP contribution in [0.5, 0.6) is 0 Å². The van der Waals surface area contributed by atoms with Crippen LogP contribution < -0.4 is 5.73 Å². The van der Waals surface area contributed by atoms with Gasteiger partial charge in [0.05, 0.1) is 11.6 Å². The zero-order valence-electron chi connectivity index (χ0n) is 22.9. The topological polar surface area (TPSA) is 50.7 Å². The predicted molar refractivity (Wildman–Crippen MR) is 146 cm³/mol. The van der Waals surface area contributed by atoms with Crippen molar-refractivity contribution in [3.8, 4) is 0 Å². The van der Waals surface area contributed by atoms with Crippen molar-refractivity contribution in [1.82, 2.24) is 0 Å². The van der Waals surface area contributed by atoms with Gasteiger partial charge in [-0.3, -0.25) is 0 Å². The Morgan fingerprint density at radius 1 is 1.09 bits per heavy atom. The van der Waals surface area contributed by atoms with E-state index in [1.807, 2.05) is 27.7 Å². The number of halogens is 3. The molecule has 0 spiro atoms. The Kier molecular flexibility index (Phi) is 26.3. The molecule has 200 valence electrons. The van der Waals surface area contributed by atoms with Crippen molar-refractivity contribution < 1.29 is 44.3 Å². The Balaban J connectivity index is -0.000000583. The van der Waals surface area contributed by atoms with Crippen LogP contribution in [0, 0.1) is 43.1 Å². The SMILES string of the molecule is CC.CC.CCCCCCC(C)CC.CSC1=NC(N)=CCN=C1c1[c-]cc(C(F)(F)F)cc1.[U]. The summed E-state index contributed by atoms with van der Waals surface area (Å²) in [4.78, 5) is 8.45. The second-order valence-corrected chi connectivity index (χ2v) is 8.09. The zero-order chi connectivity index (χ0) is 26.6. The molecule has 1 aromatic carbocycles. The van der Waals surface area contributed by atoms with Crippen molar-refractivity contribution in [3.63, 3.8) is 0 Å². The van der Waals surface area contributed by atoms with Crippen molar-refractivity contribution in [3.05, 3.63) is 47.3 Å². The third kappa shape index (κ3) is 17.4. The second-order valence-electron chi connectivity index (χ2n) is 7.29. The smallest absolute Gasteiger partial charge is 0.381 e. The van der Waals surface area contributed by atoms with Gasteiger partial charge in [-0.25, -0.2) is 4.99 Å². The molecular formula is C27H45F3N3SU-. The first-order chi connectivity index (χ1) is 16.2. The average Bonchev–Trinajstić information content (AvgIpc) is 3.05. The molecule has 0 saturated carbocycles. The van der Waals surface area contributed by atoms with Crippen molar-refractivity contribution >= 4 is 22.5 Å². The molecule has 1 aliphatic heterocycles. The fourth-order valence-electron chi connectivity index (χ4n) is 2.73. The van der Waals surface area contributed by atoms with Gasteiger partial charge >= 0.3 is 6.18 Å². The molecule has 1 heterocycles. The Bertz CT molecular complexity index is 730. The number of hydrogen-bond donors (Lipinski definition) is 1. The maximum absolute atomic E-state index is 12.5. The number of benzene rings is 1. The summed E-state index contributed by atoms with van der Waals surface area (Å²) in [6.07, 6.45) is 7.55. The molecule has 35 heavy (non-hydrogen) atoms. The minimum atomic E-state index is -4.37. The van der Waals surface area contributed by atoms with Gasteiger partial charge in [-0.05, 0) is 23.8 Å². The molecule has 0 aromatic heterocycles. The van der Waals surface area contributed by atoms with E-state index in [4.69, 9.17) is 5.73 Å². The number of unbranched alkanes of at least 4 members (excludes halogenated alkanes) is 3. The second kappa shape index (κ2) is 23.7. The van der Waals surface area contributed by atoms with E-state index in [2.05, 4.69) is 36.8 Å². The third-order valence-electron chi connectivity index (χ3n) is 4.82. The summed E-state index contributed by atoms with van der Waals surface area (Å²) in [7, 11) is 0. The normalized spacial score (nSPS) is 13.4. The summed E-state index contributed by atoms with van der Waals surface area (Å²) in [6, 6.07) is 5.88. The maximum atomic E-state index is 12.5. The zero-order valence-corrected chi connectivity index (χ0v) is 27.8. The summed E-state index contributed by atoms with van der Waals surface area (Å²) < 4.78 is 37.6. The average molecular weight is 739 g/mol. The molecule has 0 bridgehead atoms. The Morgan fingerprint density at radius 3 is 2.17 bits per heavy atom. The van der Waals surface area contributed by atoms with E-state index in [0.717, 1.165) is 18.1 Å². The summed E-state index contributed by atoms with van der Waals surface area (Å²) in [5.41, 5.74) is 5.88. The van der Waals surface area contributed by atoms with E-state index in [1.165, 1.54) is 56.4 Å². The van der Waals surface area contributed by atoms with Crippen LogP contribution in [-0.4, -0.2) is 23.6 Å². The molecule has 1 atom stereocenters. The molecule has 0 amide bonds. The van der Waals surface area contributed by atoms with Crippen LogP contribution in [0.2, 0.25) is 0 Å². The Labute approximate surface area is 240 Å². The predicted octanol–water partition coefficient (Wildman–Crippen LogP) is 8.93. The van der Waals surface area contributed by atoms with E-state index in [1.54, 1.807) is 12.3 Å². The van der Waals surface area contributed by atoms with Crippen LogP contribution in [0.1, 0.15) is 98.1 Å². The molecule has 1 unspecified atom stereocenters. The standard InChI is InChI=1S/C13H11F3N3S.C10H22.2C2H6.U/c1-20-12-11(18-7-6-10(17)19-12)8-2-4-9(5-3-8)13(14,15)16;1-4-6-7-8-9-10(3)5-2;2*1-2;/h2,4-6H,7,17H2,1H3;10H,4-9H2,1-3H3;2*1-2H3;/q-1;;;;. The molecule has 2 N–H and O–H groups in total. The largest absolute Gasteiger partial charge is 0.384 e. The number of alkyl halides is 3. The number of rotatable bonds is 7. The monoisotopic (exact) mass is 738 g/mol. The van der Waals surface area contributed by atoms with Gasteiger partial charge in [0.15, 0.2) is 0 Å². The van der Waals surface area contributed by atoms with Crippen LogP contribution in [0.3, 0.4) is 0 Å². The number of hydrogen-bond acceptors (Lipinski definition) is 4. The van der Waals surface area contributed by atoms with Crippen LogP contribution >= 0.6 is 11.8 Å². The first kappa shape index (κ1) is 38.8. The van der Waals surface area contributed by atoms with E-state index in [-0.39, 0.29) is 31.1 Å². The van der Waals surface area contributed by atoms with E-state index in [0.29, 0.717) is 28.7 Å². The number of thioether (sulfide) groups is 1. The molecule has 0 radical (unpaired) electrons. The van der Waals surface area contributed by atoms with Crippen LogP contribution in [0.4, 0.5) is 13.2 Å². The van der Waals surface area contributed by atoms with E-state index >= 15 is 0 Å².